The van der Waals surface area contributed by atoms with Gasteiger partial charge in [0.2, 0.25) is 0 Å². The Morgan fingerprint density at radius 2 is 1.90 bits per heavy atom. The molecular formula is C14H24N2O4. The average Bonchev–Trinajstić information content (AvgIpc) is 2.46. The number of aliphatic hydroxyl groups is 1. The van der Waals surface area contributed by atoms with Crippen molar-refractivity contribution in [3.05, 3.63) is 0 Å². The number of carboxylic acid groups (broad SMARTS) is 1. The molecule has 2 unspecified atom stereocenters. The first-order chi connectivity index (χ1) is 9.61. The fraction of sp³-hybridized carbons (Fsp3) is 0.857. The van der Waals surface area contributed by atoms with Crippen molar-refractivity contribution in [3.63, 3.8) is 0 Å². The molecule has 2 N–H and O–H groups in total. The van der Waals surface area contributed by atoms with Crippen LogP contribution >= 0.6 is 0 Å². The number of amides is 2. The molecule has 0 aromatic rings. The zero-order chi connectivity index (χ0) is 14.5. The van der Waals surface area contributed by atoms with Crippen LogP contribution in [-0.2, 0) is 4.79 Å². The molecule has 0 saturated carbocycles. The Kier molecular flexibility index (Phi) is 5.23. The van der Waals surface area contributed by atoms with Gasteiger partial charge in [-0.1, -0.05) is 0 Å². The summed E-state index contributed by atoms with van der Waals surface area (Å²) in [5, 5.41) is 18.3. The van der Waals surface area contributed by atoms with Gasteiger partial charge in [-0.3, -0.25) is 4.79 Å². The third-order valence-corrected chi connectivity index (χ3v) is 4.34. The quantitative estimate of drug-likeness (QED) is 0.814. The van der Waals surface area contributed by atoms with Gasteiger partial charge in [0.15, 0.2) is 0 Å². The molecule has 6 heteroatoms. The number of carbonyl (C=O) groups excluding carboxylic acids is 1. The van der Waals surface area contributed by atoms with Crippen molar-refractivity contribution >= 4 is 12.0 Å². The third kappa shape index (κ3) is 3.62. The van der Waals surface area contributed by atoms with E-state index in [1.165, 1.54) is 0 Å². The molecule has 0 spiro atoms. The summed E-state index contributed by atoms with van der Waals surface area (Å²) in [5.41, 5.74) is 0. The van der Waals surface area contributed by atoms with Gasteiger partial charge in [0.1, 0.15) is 0 Å². The first kappa shape index (κ1) is 15.1. The fourth-order valence-electron chi connectivity index (χ4n) is 3.28. The number of hydrogen-bond acceptors (Lipinski definition) is 3. The summed E-state index contributed by atoms with van der Waals surface area (Å²) in [7, 11) is 0. The van der Waals surface area contributed by atoms with E-state index < -0.39 is 5.97 Å². The Hall–Kier alpha value is -1.30. The van der Waals surface area contributed by atoms with Crippen LogP contribution in [-0.4, -0.2) is 64.3 Å². The zero-order valence-corrected chi connectivity index (χ0v) is 11.8. The monoisotopic (exact) mass is 284 g/mol. The predicted octanol–water partition coefficient (Wildman–Crippen LogP) is 1.14. The van der Waals surface area contributed by atoms with Gasteiger partial charge in [-0.15, -0.1) is 0 Å². The lowest BCUT2D eigenvalue weighted by molar-refractivity contribution is -0.138. The van der Waals surface area contributed by atoms with Gasteiger partial charge in [-0.2, -0.15) is 0 Å². The van der Waals surface area contributed by atoms with Crippen molar-refractivity contribution in [1.29, 1.82) is 0 Å². The predicted molar refractivity (Wildman–Crippen MR) is 73.4 cm³/mol. The molecule has 2 amide bonds. The molecule has 20 heavy (non-hydrogen) atoms. The standard InChI is InChI=1S/C14H24N2O4/c17-10-12-5-1-2-7-16(12)14(20)15-6-3-4-11(9-15)8-13(18)19/h11-12,17H,1-10H2,(H,18,19). The molecule has 2 fully saturated rings. The summed E-state index contributed by atoms with van der Waals surface area (Å²) in [5.74, 6) is -0.738. The maximum Gasteiger partial charge on any atom is 0.320 e. The molecule has 114 valence electrons. The number of rotatable bonds is 3. The van der Waals surface area contributed by atoms with E-state index in [1.807, 2.05) is 0 Å². The molecule has 0 aromatic heterocycles. The van der Waals surface area contributed by atoms with E-state index in [0.717, 1.165) is 32.1 Å². The minimum Gasteiger partial charge on any atom is -0.481 e. The lowest BCUT2D eigenvalue weighted by Gasteiger charge is -2.40. The average molecular weight is 284 g/mol. The van der Waals surface area contributed by atoms with Gasteiger partial charge in [-0.25, -0.2) is 4.79 Å². The largest absolute Gasteiger partial charge is 0.481 e. The minimum absolute atomic E-state index is 0.0120. The summed E-state index contributed by atoms with van der Waals surface area (Å²) in [6.07, 6.45) is 4.76. The van der Waals surface area contributed by atoms with Crippen LogP contribution in [0.2, 0.25) is 0 Å². The van der Waals surface area contributed by atoms with Crippen molar-refractivity contribution in [2.45, 2.75) is 44.6 Å². The van der Waals surface area contributed by atoms with Crippen LogP contribution in [0.4, 0.5) is 4.79 Å². The van der Waals surface area contributed by atoms with Gasteiger partial charge in [-0.05, 0) is 38.0 Å². The number of piperidine rings is 2. The smallest absolute Gasteiger partial charge is 0.320 e. The molecule has 2 aliphatic rings. The van der Waals surface area contributed by atoms with Gasteiger partial charge < -0.3 is 20.0 Å². The van der Waals surface area contributed by atoms with Gasteiger partial charge in [0, 0.05) is 26.1 Å². The highest BCUT2D eigenvalue weighted by Crippen LogP contribution is 2.23. The van der Waals surface area contributed by atoms with Crippen LogP contribution in [0.25, 0.3) is 0 Å². The number of likely N-dealkylation sites (tertiary alicyclic amines) is 2. The molecule has 0 radical (unpaired) electrons. The van der Waals surface area contributed by atoms with Crippen LogP contribution in [0.15, 0.2) is 0 Å². The summed E-state index contributed by atoms with van der Waals surface area (Å²) in [6, 6.07) is -0.102. The molecule has 0 bridgehead atoms. The Labute approximate surface area is 119 Å². The van der Waals surface area contributed by atoms with E-state index in [4.69, 9.17) is 5.11 Å². The number of urea groups is 1. The van der Waals surface area contributed by atoms with E-state index in [1.54, 1.807) is 9.80 Å². The normalized spacial score (nSPS) is 27.4. The topological polar surface area (TPSA) is 81.1 Å². The zero-order valence-electron chi connectivity index (χ0n) is 11.8. The minimum atomic E-state index is -0.796. The molecular weight excluding hydrogens is 260 g/mol. The second-order valence-electron chi connectivity index (χ2n) is 5.86. The Balaban J connectivity index is 1.95. The molecule has 2 atom stereocenters. The SMILES string of the molecule is O=C(O)CC1CCCN(C(=O)N2CCCCC2CO)C1. The van der Waals surface area contributed by atoms with Crippen molar-refractivity contribution in [2.24, 2.45) is 5.92 Å². The Morgan fingerprint density at radius 1 is 1.10 bits per heavy atom. The summed E-state index contributed by atoms with van der Waals surface area (Å²) < 4.78 is 0. The van der Waals surface area contributed by atoms with Crippen molar-refractivity contribution in [3.8, 4) is 0 Å². The van der Waals surface area contributed by atoms with Crippen LogP contribution in [0.5, 0.6) is 0 Å². The molecule has 0 aliphatic carbocycles. The van der Waals surface area contributed by atoms with Gasteiger partial charge >= 0.3 is 12.0 Å². The van der Waals surface area contributed by atoms with Gasteiger partial charge in [0.25, 0.3) is 0 Å². The summed E-state index contributed by atoms with van der Waals surface area (Å²) in [4.78, 5) is 26.9. The second-order valence-corrected chi connectivity index (χ2v) is 5.86. The fourth-order valence-corrected chi connectivity index (χ4v) is 3.28. The molecule has 2 rings (SSSR count). The molecule has 0 aromatic carbocycles. The maximum absolute atomic E-state index is 12.5. The van der Waals surface area contributed by atoms with Crippen LogP contribution in [0, 0.1) is 5.92 Å². The first-order valence-corrected chi connectivity index (χ1v) is 7.50. The summed E-state index contributed by atoms with van der Waals surface area (Å²) >= 11 is 0. The van der Waals surface area contributed by atoms with E-state index in [9.17, 15) is 14.7 Å². The lowest BCUT2D eigenvalue weighted by atomic mass is 9.95. The van der Waals surface area contributed by atoms with Gasteiger partial charge in [0.05, 0.1) is 12.6 Å². The number of carbonyl (C=O) groups is 2. The lowest BCUT2D eigenvalue weighted by Crippen LogP contribution is -2.53. The van der Waals surface area contributed by atoms with E-state index in [-0.39, 0.29) is 31.0 Å². The van der Waals surface area contributed by atoms with Crippen LogP contribution in [0.3, 0.4) is 0 Å². The second kappa shape index (κ2) is 6.92. The number of nitrogens with zero attached hydrogens (tertiary/aromatic N) is 2. The third-order valence-electron chi connectivity index (χ3n) is 4.34. The first-order valence-electron chi connectivity index (χ1n) is 7.50. The highest BCUT2D eigenvalue weighted by Gasteiger charge is 2.32. The van der Waals surface area contributed by atoms with E-state index in [2.05, 4.69) is 0 Å². The van der Waals surface area contributed by atoms with Crippen LogP contribution < -0.4 is 0 Å². The molecule has 6 nitrogen and oxygen atoms in total. The molecule has 2 saturated heterocycles. The number of aliphatic carboxylic acids is 1. The number of hydrogen-bond donors (Lipinski definition) is 2. The summed E-state index contributed by atoms with van der Waals surface area (Å²) in [6.45, 7) is 1.94. The van der Waals surface area contributed by atoms with Crippen molar-refractivity contribution < 1.29 is 19.8 Å². The van der Waals surface area contributed by atoms with E-state index >= 15 is 0 Å². The Bertz CT molecular complexity index is 361. The maximum atomic E-state index is 12.5. The van der Waals surface area contributed by atoms with Crippen molar-refractivity contribution in [2.75, 3.05) is 26.2 Å². The highest BCUT2D eigenvalue weighted by molar-refractivity contribution is 5.75. The number of aliphatic hydroxyl groups excluding tert-OH is 1. The highest BCUT2D eigenvalue weighted by atomic mass is 16.4. The van der Waals surface area contributed by atoms with E-state index in [0.29, 0.717) is 19.6 Å². The molecule has 2 heterocycles. The number of carboxylic acids is 1. The van der Waals surface area contributed by atoms with Crippen LogP contribution in [0.1, 0.15) is 38.5 Å². The molecule has 2 aliphatic heterocycles. The van der Waals surface area contributed by atoms with Crippen molar-refractivity contribution in [1.82, 2.24) is 9.80 Å². The Morgan fingerprint density at radius 3 is 2.60 bits per heavy atom.